The van der Waals surface area contributed by atoms with Gasteiger partial charge in [-0.2, -0.15) is 0 Å². The van der Waals surface area contributed by atoms with Gasteiger partial charge in [-0.3, -0.25) is 0 Å². The standard InChI is InChI=1S/C14H22N2O3S/c1-2-9-15-20(18,19)14-6-4-3-5-13(14)16(10-11-17)12-7-8-12/h3-6,12,15,17H,2,7-11H2,1H3. The van der Waals surface area contributed by atoms with E-state index >= 15 is 0 Å². The fourth-order valence-corrected chi connectivity index (χ4v) is 3.58. The SMILES string of the molecule is CCCNS(=O)(=O)c1ccccc1N(CCO)C1CC1. The van der Waals surface area contributed by atoms with Gasteiger partial charge in [-0.15, -0.1) is 0 Å². The van der Waals surface area contributed by atoms with Crippen LogP contribution in [0.2, 0.25) is 0 Å². The molecular formula is C14H22N2O3S. The number of nitrogens with one attached hydrogen (secondary N) is 1. The molecule has 2 rings (SSSR count). The summed E-state index contributed by atoms with van der Waals surface area (Å²) in [6.45, 7) is 2.84. The molecule has 1 saturated carbocycles. The molecule has 0 amide bonds. The maximum Gasteiger partial charge on any atom is 0.242 e. The van der Waals surface area contributed by atoms with Crippen molar-refractivity contribution in [2.45, 2.75) is 37.1 Å². The summed E-state index contributed by atoms with van der Waals surface area (Å²) in [4.78, 5) is 2.30. The predicted molar refractivity (Wildman–Crippen MR) is 79.4 cm³/mol. The molecule has 0 radical (unpaired) electrons. The molecule has 1 aliphatic carbocycles. The van der Waals surface area contributed by atoms with E-state index in [0.717, 1.165) is 19.3 Å². The van der Waals surface area contributed by atoms with Gasteiger partial charge >= 0.3 is 0 Å². The van der Waals surface area contributed by atoms with E-state index in [1.807, 2.05) is 24.0 Å². The molecule has 0 spiro atoms. The molecule has 6 heteroatoms. The van der Waals surface area contributed by atoms with Gasteiger partial charge in [0.1, 0.15) is 4.90 Å². The van der Waals surface area contributed by atoms with Crippen LogP contribution in [0, 0.1) is 0 Å². The zero-order valence-electron chi connectivity index (χ0n) is 11.7. The molecule has 112 valence electrons. The summed E-state index contributed by atoms with van der Waals surface area (Å²) in [5.74, 6) is 0. The number of rotatable bonds is 8. The van der Waals surface area contributed by atoms with Crippen LogP contribution in [0.25, 0.3) is 0 Å². The van der Waals surface area contributed by atoms with Crippen LogP contribution in [0.1, 0.15) is 26.2 Å². The molecule has 0 heterocycles. The maximum atomic E-state index is 12.4. The molecule has 0 unspecified atom stereocenters. The average molecular weight is 298 g/mol. The minimum atomic E-state index is -3.50. The lowest BCUT2D eigenvalue weighted by atomic mass is 10.2. The van der Waals surface area contributed by atoms with Gasteiger partial charge in [0, 0.05) is 19.1 Å². The largest absolute Gasteiger partial charge is 0.395 e. The van der Waals surface area contributed by atoms with Crippen molar-refractivity contribution in [1.82, 2.24) is 4.72 Å². The van der Waals surface area contributed by atoms with E-state index in [1.54, 1.807) is 12.1 Å². The van der Waals surface area contributed by atoms with Gasteiger partial charge in [0.25, 0.3) is 0 Å². The Kier molecular flexibility index (Phi) is 5.01. The Balaban J connectivity index is 2.34. The lowest BCUT2D eigenvalue weighted by molar-refractivity contribution is 0.301. The molecule has 1 aromatic rings. The van der Waals surface area contributed by atoms with E-state index in [9.17, 15) is 13.5 Å². The monoisotopic (exact) mass is 298 g/mol. The van der Waals surface area contributed by atoms with Gasteiger partial charge in [-0.1, -0.05) is 19.1 Å². The van der Waals surface area contributed by atoms with Gasteiger partial charge in [-0.25, -0.2) is 13.1 Å². The van der Waals surface area contributed by atoms with Crippen LogP contribution >= 0.6 is 0 Å². The molecule has 1 fully saturated rings. The van der Waals surface area contributed by atoms with Crippen molar-refractivity contribution >= 4 is 15.7 Å². The highest BCUT2D eigenvalue weighted by Gasteiger charge is 2.32. The molecule has 0 atom stereocenters. The van der Waals surface area contributed by atoms with E-state index in [-0.39, 0.29) is 6.61 Å². The van der Waals surface area contributed by atoms with Crippen molar-refractivity contribution in [2.75, 3.05) is 24.6 Å². The van der Waals surface area contributed by atoms with E-state index < -0.39 is 10.0 Å². The molecule has 0 aliphatic heterocycles. The first-order valence-electron chi connectivity index (χ1n) is 7.06. The Hall–Kier alpha value is -1.11. The molecule has 0 bridgehead atoms. The van der Waals surface area contributed by atoms with Crippen molar-refractivity contribution in [2.24, 2.45) is 0 Å². The number of benzene rings is 1. The Morgan fingerprint density at radius 2 is 2.05 bits per heavy atom. The second kappa shape index (κ2) is 6.56. The highest BCUT2D eigenvalue weighted by atomic mass is 32.2. The number of sulfonamides is 1. The van der Waals surface area contributed by atoms with Crippen LogP contribution in [0.4, 0.5) is 5.69 Å². The number of nitrogens with zero attached hydrogens (tertiary/aromatic N) is 1. The Labute approximate surface area is 120 Å². The molecule has 2 N–H and O–H groups in total. The minimum Gasteiger partial charge on any atom is -0.395 e. The number of hydrogen-bond donors (Lipinski definition) is 2. The van der Waals surface area contributed by atoms with E-state index in [1.165, 1.54) is 0 Å². The summed E-state index contributed by atoms with van der Waals surface area (Å²) in [6.07, 6.45) is 2.86. The first-order valence-corrected chi connectivity index (χ1v) is 8.54. The van der Waals surface area contributed by atoms with E-state index in [0.29, 0.717) is 29.7 Å². The minimum absolute atomic E-state index is 0.0211. The van der Waals surface area contributed by atoms with Crippen LogP contribution in [0.15, 0.2) is 29.2 Å². The number of aliphatic hydroxyl groups is 1. The second-order valence-corrected chi connectivity index (χ2v) is 6.75. The number of anilines is 1. The van der Waals surface area contributed by atoms with Crippen molar-refractivity contribution in [3.05, 3.63) is 24.3 Å². The van der Waals surface area contributed by atoms with Gasteiger partial charge < -0.3 is 10.0 Å². The second-order valence-electron chi connectivity index (χ2n) is 5.01. The number of para-hydroxylation sites is 1. The normalized spacial score (nSPS) is 15.3. The summed E-state index contributed by atoms with van der Waals surface area (Å²) in [5.41, 5.74) is 0.688. The van der Waals surface area contributed by atoms with Crippen LogP contribution in [-0.2, 0) is 10.0 Å². The van der Waals surface area contributed by atoms with Crippen molar-refractivity contribution < 1.29 is 13.5 Å². The third kappa shape index (κ3) is 3.50. The van der Waals surface area contributed by atoms with Crippen molar-refractivity contribution in [3.63, 3.8) is 0 Å². The predicted octanol–water partition coefficient (Wildman–Crippen LogP) is 1.34. The van der Waals surface area contributed by atoms with Gasteiger partial charge in [0.05, 0.1) is 12.3 Å². The van der Waals surface area contributed by atoms with Crippen LogP contribution < -0.4 is 9.62 Å². The third-order valence-corrected chi connectivity index (χ3v) is 4.84. The summed E-state index contributed by atoms with van der Waals surface area (Å²) in [7, 11) is -3.50. The molecule has 0 saturated heterocycles. The Morgan fingerprint density at radius 1 is 1.35 bits per heavy atom. The first-order chi connectivity index (χ1) is 9.60. The lowest BCUT2D eigenvalue weighted by Gasteiger charge is -2.26. The van der Waals surface area contributed by atoms with Crippen LogP contribution in [0.5, 0.6) is 0 Å². The smallest absolute Gasteiger partial charge is 0.242 e. The van der Waals surface area contributed by atoms with Crippen molar-refractivity contribution in [3.8, 4) is 0 Å². The van der Waals surface area contributed by atoms with Crippen LogP contribution in [-0.4, -0.2) is 39.3 Å². The molecule has 20 heavy (non-hydrogen) atoms. The van der Waals surface area contributed by atoms with E-state index in [2.05, 4.69) is 4.72 Å². The molecule has 1 aromatic carbocycles. The van der Waals surface area contributed by atoms with Crippen LogP contribution in [0.3, 0.4) is 0 Å². The summed E-state index contributed by atoms with van der Waals surface area (Å²) >= 11 is 0. The van der Waals surface area contributed by atoms with Gasteiger partial charge in [-0.05, 0) is 31.4 Å². The Morgan fingerprint density at radius 3 is 2.65 bits per heavy atom. The highest BCUT2D eigenvalue weighted by Crippen LogP contribution is 2.34. The highest BCUT2D eigenvalue weighted by molar-refractivity contribution is 7.89. The zero-order valence-corrected chi connectivity index (χ0v) is 12.6. The molecular weight excluding hydrogens is 276 g/mol. The molecule has 0 aromatic heterocycles. The van der Waals surface area contributed by atoms with Crippen molar-refractivity contribution in [1.29, 1.82) is 0 Å². The topological polar surface area (TPSA) is 69.6 Å². The number of aliphatic hydroxyl groups excluding tert-OH is 1. The lowest BCUT2D eigenvalue weighted by Crippen LogP contribution is -2.32. The zero-order chi connectivity index (χ0) is 14.6. The summed E-state index contributed by atoms with van der Waals surface area (Å²) in [6, 6.07) is 7.36. The molecule has 5 nitrogen and oxygen atoms in total. The first kappa shape index (κ1) is 15.3. The fourth-order valence-electron chi connectivity index (χ4n) is 2.23. The molecule has 1 aliphatic rings. The summed E-state index contributed by atoms with van der Waals surface area (Å²) in [5, 5.41) is 9.20. The van der Waals surface area contributed by atoms with E-state index in [4.69, 9.17) is 0 Å². The maximum absolute atomic E-state index is 12.4. The summed E-state index contributed by atoms with van der Waals surface area (Å²) < 4.78 is 27.3. The number of hydrogen-bond acceptors (Lipinski definition) is 4. The fraction of sp³-hybridized carbons (Fsp3) is 0.571. The Bertz CT molecular complexity index is 541. The quantitative estimate of drug-likeness (QED) is 0.760. The average Bonchev–Trinajstić information content (AvgIpc) is 3.27. The third-order valence-electron chi connectivity index (χ3n) is 3.33. The van der Waals surface area contributed by atoms with Gasteiger partial charge in [0.15, 0.2) is 0 Å². The van der Waals surface area contributed by atoms with Gasteiger partial charge in [0.2, 0.25) is 10.0 Å².